The summed E-state index contributed by atoms with van der Waals surface area (Å²) in [7, 11) is 0. The van der Waals surface area contributed by atoms with E-state index in [4.69, 9.17) is 13.9 Å². The summed E-state index contributed by atoms with van der Waals surface area (Å²) in [5, 5.41) is 9.73. The summed E-state index contributed by atoms with van der Waals surface area (Å²) >= 11 is 1.63. The zero-order valence-electron chi connectivity index (χ0n) is 15.2. The molecule has 1 aliphatic heterocycles. The summed E-state index contributed by atoms with van der Waals surface area (Å²) in [5.74, 6) is 3.91. The number of aryl methyl sites for hydroxylation is 1. The Morgan fingerprint density at radius 3 is 2.68 bits per heavy atom. The van der Waals surface area contributed by atoms with Crippen LogP contribution in [-0.2, 0) is 5.75 Å². The Morgan fingerprint density at radius 1 is 1.00 bits per heavy atom. The van der Waals surface area contributed by atoms with Crippen LogP contribution in [0.3, 0.4) is 0 Å². The molecule has 0 bridgehead atoms. The maximum atomic E-state index is 5.48. The van der Waals surface area contributed by atoms with Crippen LogP contribution in [0.2, 0.25) is 0 Å². The number of ether oxygens (including phenoxy) is 2. The predicted octanol–water partition coefficient (Wildman–Crippen LogP) is 4.86. The first-order chi connectivity index (χ1) is 13.8. The number of fused-ring (bicyclic) bond motifs is 1. The van der Waals surface area contributed by atoms with Crippen molar-refractivity contribution in [2.45, 2.75) is 17.8 Å². The molecular weight excluding hydrogens is 374 g/mol. The van der Waals surface area contributed by atoms with E-state index in [1.54, 1.807) is 18.0 Å². The molecule has 0 amide bonds. The SMILES string of the molecule is Cc1occc1-c1nnc(SCc2ccc3c(c2)OCO3)n1-c1ccccc1. The minimum absolute atomic E-state index is 0.279. The van der Waals surface area contributed by atoms with Gasteiger partial charge >= 0.3 is 0 Å². The molecule has 2 aromatic heterocycles. The molecule has 0 N–H and O–H groups in total. The van der Waals surface area contributed by atoms with Crippen LogP contribution >= 0.6 is 11.8 Å². The second-order valence-corrected chi connectivity index (χ2v) is 7.29. The zero-order chi connectivity index (χ0) is 18.9. The highest BCUT2D eigenvalue weighted by molar-refractivity contribution is 7.98. The molecule has 2 aromatic carbocycles. The fourth-order valence-corrected chi connectivity index (χ4v) is 4.04. The summed E-state index contributed by atoms with van der Waals surface area (Å²) in [6.07, 6.45) is 1.67. The van der Waals surface area contributed by atoms with E-state index in [-0.39, 0.29) is 6.79 Å². The minimum Gasteiger partial charge on any atom is -0.469 e. The molecule has 140 valence electrons. The lowest BCUT2D eigenvalue weighted by Crippen LogP contribution is -1.99. The summed E-state index contributed by atoms with van der Waals surface area (Å²) in [6.45, 7) is 2.21. The number of nitrogens with zero attached hydrogens (tertiary/aromatic N) is 3. The fourth-order valence-electron chi connectivity index (χ4n) is 3.14. The van der Waals surface area contributed by atoms with Crippen molar-refractivity contribution in [3.05, 3.63) is 72.2 Å². The highest BCUT2D eigenvalue weighted by atomic mass is 32.2. The average Bonchev–Trinajstić information content (AvgIpc) is 3.45. The first-order valence-corrected chi connectivity index (χ1v) is 9.85. The van der Waals surface area contributed by atoms with E-state index in [0.717, 1.165) is 50.8 Å². The number of benzene rings is 2. The number of aromatic nitrogens is 3. The van der Waals surface area contributed by atoms with E-state index in [1.165, 1.54) is 0 Å². The van der Waals surface area contributed by atoms with Crippen molar-refractivity contribution in [3.63, 3.8) is 0 Å². The van der Waals surface area contributed by atoms with E-state index < -0.39 is 0 Å². The number of hydrogen-bond acceptors (Lipinski definition) is 6. The van der Waals surface area contributed by atoms with Gasteiger partial charge in [-0.25, -0.2) is 0 Å². The van der Waals surface area contributed by atoms with Crippen molar-refractivity contribution in [1.82, 2.24) is 14.8 Å². The van der Waals surface area contributed by atoms with Crippen LogP contribution in [0.25, 0.3) is 17.1 Å². The number of hydrogen-bond donors (Lipinski definition) is 0. The lowest BCUT2D eigenvalue weighted by atomic mass is 10.2. The van der Waals surface area contributed by atoms with Crippen LogP contribution < -0.4 is 9.47 Å². The second kappa shape index (κ2) is 7.09. The van der Waals surface area contributed by atoms with Crippen molar-refractivity contribution in [2.75, 3.05) is 6.79 Å². The number of thioether (sulfide) groups is 1. The summed E-state index contributed by atoms with van der Waals surface area (Å²) in [6, 6.07) is 18.0. The standard InChI is InChI=1S/C21H17N3O3S/c1-14-17(9-10-25-14)20-22-23-21(24(20)16-5-3-2-4-6-16)28-12-15-7-8-18-19(11-15)27-13-26-18/h2-11H,12-13H2,1H3. The van der Waals surface area contributed by atoms with E-state index in [0.29, 0.717) is 0 Å². The van der Waals surface area contributed by atoms with Gasteiger partial charge in [-0.05, 0) is 42.8 Å². The van der Waals surface area contributed by atoms with Gasteiger partial charge in [0.1, 0.15) is 5.76 Å². The van der Waals surface area contributed by atoms with Crippen LogP contribution in [0, 0.1) is 6.92 Å². The van der Waals surface area contributed by atoms with Crippen molar-refractivity contribution >= 4 is 11.8 Å². The van der Waals surface area contributed by atoms with Crippen molar-refractivity contribution in [2.24, 2.45) is 0 Å². The Hall–Kier alpha value is -3.19. The molecule has 28 heavy (non-hydrogen) atoms. The Morgan fingerprint density at radius 2 is 1.86 bits per heavy atom. The van der Waals surface area contributed by atoms with Gasteiger partial charge in [-0.15, -0.1) is 10.2 Å². The minimum atomic E-state index is 0.279. The molecule has 6 nitrogen and oxygen atoms in total. The Labute approximate surface area is 166 Å². The molecule has 0 aliphatic carbocycles. The highest BCUT2D eigenvalue weighted by Gasteiger charge is 2.19. The average molecular weight is 391 g/mol. The molecule has 0 radical (unpaired) electrons. The van der Waals surface area contributed by atoms with Gasteiger partial charge in [-0.1, -0.05) is 36.0 Å². The van der Waals surface area contributed by atoms with Gasteiger partial charge in [0.2, 0.25) is 6.79 Å². The van der Waals surface area contributed by atoms with Crippen molar-refractivity contribution < 1.29 is 13.9 Å². The molecular formula is C21H17N3O3S. The van der Waals surface area contributed by atoms with E-state index in [1.807, 2.05) is 61.5 Å². The number of para-hydroxylation sites is 1. The number of rotatable bonds is 5. The molecule has 0 saturated heterocycles. The van der Waals surface area contributed by atoms with Crippen LogP contribution in [0.4, 0.5) is 0 Å². The maximum absolute atomic E-state index is 5.48. The lowest BCUT2D eigenvalue weighted by Gasteiger charge is -2.10. The molecule has 3 heterocycles. The van der Waals surface area contributed by atoms with Crippen LogP contribution in [0.1, 0.15) is 11.3 Å². The Kier molecular flexibility index (Phi) is 4.29. The third-order valence-electron chi connectivity index (χ3n) is 4.55. The second-order valence-electron chi connectivity index (χ2n) is 6.34. The highest BCUT2D eigenvalue weighted by Crippen LogP contribution is 2.35. The van der Waals surface area contributed by atoms with Crippen LogP contribution in [0.15, 0.2) is 70.4 Å². The molecule has 0 fully saturated rings. The van der Waals surface area contributed by atoms with Gasteiger partial charge in [0, 0.05) is 11.4 Å². The largest absolute Gasteiger partial charge is 0.469 e. The van der Waals surface area contributed by atoms with E-state index >= 15 is 0 Å². The molecule has 7 heteroatoms. The van der Waals surface area contributed by atoms with Gasteiger partial charge in [0.15, 0.2) is 22.5 Å². The fraction of sp³-hybridized carbons (Fsp3) is 0.143. The Balaban J connectivity index is 1.49. The molecule has 0 unspecified atom stereocenters. The third-order valence-corrected chi connectivity index (χ3v) is 5.55. The Bertz CT molecular complexity index is 1120. The van der Waals surface area contributed by atoms with Gasteiger partial charge in [0.25, 0.3) is 0 Å². The van der Waals surface area contributed by atoms with E-state index in [9.17, 15) is 0 Å². The summed E-state index contributed by atoms with van der Waals surface area (Å²) in [5.41, 5.74) is 3.08. The molecule has 0 spiro atoms. The molecule has 0 saturated carbocycles. The normalized spacial score (nSPS) is 12.5. The monoisotopic (exact) mass is 391 g/mol. The first-order valence-electron chi connectivity index (χ1n) is 8.86. The van der Waals surface area contributed by atoms with Crippen molar-refractivity contribution in [1.29, 1.82) is 0 Å². The van der Waals surface area contributed by atoms with Gasteiger partial charge < -0.3 is 13.9 Å². The smallest absolute Gasteiger partial charge is 0.231 e. The quantitative estimate of drug-likeness (QED) is 0.453. The van der Waals surface area contributed by atoms with Gasteiger partial charge in [0.05, 0.1) is 11.8 Å². The third kappa shape index (κ3) is 3.03. The van der Waals surface area contributed by atoms with Gasteiger partial charge in [-0.2, -0.15) is 0 Å². The first kappa shape index (κ1) is 16.9. The molecule has 4 aromatic rings. The molecule has 1 aliphatic rings. The zero-order valence-corrected chi connectivity index (χ0v) is 16.0. The van der Waals surface area contributed by atoms with Crippen LogP contribution in [0.5, 0.6) is 11.5 Å². The van der Waals surface area contributed by atoms with Crippen LogP contribution in [-0.4, -0.2) is 21.6 Å². The summed E-state index contributed by atoms with van der Waals surface area (Å²) in [4.78, 5) is 0. The molecule has 0 atom stereocenters. The number of furan rings is 1. The van der Waals surface area contributed by atoms with Crippen molar-refractivity contribution in [3.8, 4) is 28.6 Å². The predicted molar refractivity (Wildman–Crippen MR) is 106 cm³/mol. The lowest BCUT2D eigenvalue weighted by molar-refractivity contribution is 0.174. The summed E-state index contributed by atoms with van der Waals surface area (Å²) < 4.78 is 18.4. The maximum Gasteiger partial charge on any atom is 0.231 e. The van der Waals surface area contributed by atoms with Gasteiger partial charge in [-0.3, -0.25) is 4.57 Å². The van der Waals surface area contributed by atoms with E-state index in [2.05, 4.69) is 14.8 Å². The topological polar surface area (TPSA) is 62.3 Å². The molecule has 5 rings (SSSR count).